The molecule has 1 atom stereocenters. The van der Waals surface area contributed by atoms with Gasteiger partial charge in [-0.1, -0.05) is 31.2 Å². The highest BCUT2D eigenvalue weighted by molar-refractivity contribution is 5.79. The third-order valence-corrected chi connectivity index (χ3v) is 4.44. The zero-order valence-corrected chi connectivity index (χ0v) is 13.5. The lowest BCUT2D eigenvalue weighted by atomic mass is 10.1. The molecule has 116 valence electrons. The number of hydrogen-bond acceptors (Lipinski definition) is 2. The lowest BCUT2D eigenvalue weighted by Gasteiger charge is -2.20. The van der Waals surface area contributed by atoms with E-state index >= 15 is 0 Å². The fourth-order valence-corrected chi connectivity index (χ4v) is 3.02. The molecule has 0 bridgehead atoms. The van der Waals surface area contributed by atoms with Crippen molar-refractivity contribution in [3.05, 3.63) is 41.9 Å². The van der Waals surface area contributed by atoms with E-state index in [2.05, 4.69) is 55.0 Å². The normalized spacial score (nSPS) is 18.5. The van der Waals surface area contributed by atoms with E-state index in [4.69, 9.17) is 0 Å². The van der Waals surface area contributed by atoms with Crippen LogP contribution in [0.1, 0.15) is 44.5 Å². The van der Waals surface area contributed by atoms with E-state index in [1.54, 1.807) is 0 Å². The van der Waals surface area contributed by atoms with Crippen LogP contribution in [-0.2, 0) is 11.2 Å². The Morgan fingerprint density at radius 3 is 2.64 bits per heavy atom. The van der Waals surface area contributed by atoms with Gasteiger partial charge in [0.2, 0.25) is 5.91 Å². The number of H-pyrrole nitrogens is 1. The number of rotatable bonds is 4. The van der Waals surface area contributed by atoms with Gasteiger partial charge in [-0.3, -0.25) is 4.79 Å². The Bertz CT molecular complexity index is 657. The molecule has 1 aromatic carbocycles. The number of imidazole rings is 1. The van der Waals surface area contributed by atoms with E-state index in [9.17, 15) is 4.79 Å². The zero-order valence-electron chi connectivity index (χ0n) is 13.5. The monoisotopic (exact) mass is 297 g/mol. The first-order chi connectivity index (χ1) is 10.6. The molecule has 2 heterocycles. The van der Waals surface area contributed by atoms with Gasteiger partial charge in [-0.05, 0) is 31.4 Å². The van der Waals surface area contributed by atoms with Gasteiger partial charge < -0.3 is 9.88 Å². The number of aromatic amines is 1. The van der Waals surface area contributed by atoms with E-state index < -0.39 is 0 Å². The van der Waals surface area contributed by atoms with Crippen LogP contribution in [0.4, 0.5) is 0 Å². The summed E-state index contributed by atoms with van der Waals surface area (Å²) in [7, 11) is 0. The zero-order chi connectivity index (χ0) is 15.7. The molecule has 22 heavy (non-hydrogen) atoms. The number of nitrogens with zero attached hydrogens (tertiary/aromatic N) is 2. The number of hydrogen-bond donors (Lipinski definition) is 1. The number of likely N-dealkylation sites (tertiary alicyclic amines) is 1. The molecule has 0 aliphatic carbocycles. The van der Waals surface area contributed by atoms with E-state index in [1.807, 2.05) is 11.1 Å². The quantitative estimate of drug-likeness (QED) is 0.940. The van der Waals surface area contributed by atoms with Crippen LogP contribution < -0.4 is 0 Å². The first-order valence-corrected chi connectivity index (χ1v) is 8.02. The van der Waals surface area contributed by atoms with Gasteiger partial charge in [0, 0.05) is 24.9 Å². The predicted octanol–water partition coefficient (Wildman–Crippen LogP) is 3.36. The van der Waals surface area contributed by atoms with E-state index in [0.717, 1.165) is 30.0 Å². The highest BCUT2D eigenvalue weighted by Gasteiger charge is 2.33. The number of aromatic nitrogens is 2. The number of aryl methyl sites for hydroxylation is 1. The molecular formula is C18H23N3O. The maximum atomic E-state index is 12.0. The summed E-state index contributed by atoms with van der Waals surface area (Å²) < 4.78 is 0. The van der Waals surface area contributed by atoms with E-state index in [0.29, 0.717) is 6.42 Å². The second-order valence-electron chi connectivity index (χ2n) is 6.27. The first kappa shape index (κ1) is 14.8. The summed E-state index contributed by atoms with van der Waals surface area (Å²) in [5.41, 5.74) is 3.49. The third-order valence-electron chi connectivity index (χ3n) is 4.44. The molecule has 1 amide bonds. The van der Waals surface area contributed by atoms with Crippen molar-refractivity contribution in [2.24, 2.45) is 0 Å². The van der Waals surface area contributed by atoms with Gasteiger partial charge in [0.15, 0.2) is 0 Å². The number of carbonyl (C=O) groups excluding carboxylic acids is 1. The summed E-state index contributed by atoms with van der Waals surface area (Å²) in [6, 6.07) is 8.80. The van der Waals surface area contributed by atoms with Crippen molar-refractivity contribution in [1.82, 2.24) is 14.9 Å². The van der Waals surface area contributed by atoms with Gasteiger partial charge in [-0.25, -0.2) is 4.98 Å². The summed E-state index contributed by atoms with van der Waals surface area (Å²) in [5.74, 6) is 1.33. The molecular weight excluding hydrogens is 274 g/mol. The largest absolute Gasteiger partial charge is 0.342 e. The molecule has 1 saturated heterocycles. The summed E-state index contributed by atoms with van der Waals surface area (Å²) in [5, 5.41) is 0. The highest BCUT2D eigenvalue weighted by Crippen LogP contribution is 2.29. The van der Waals surface area contributed by atoms with Gasteiger partial charge in [0.1, 0.15) is 5.82 Å². The topological polar surface area (TPSA) is 49.0 Å². The molecule has 1 aliphatic heterocycles. The van der Waals surface area contributed by atoms with Crippen molar-refractivity contribution >= 4 is 5.91 Å². The molecule has 1 aliphatic rings. The minimum atomic E-state index is 0.179. The molecule has 1 aromatic heterocycles. The summed E-state index contributed by atoms with van der Waals surface area (Å²) >= 11 is 0. The van der Waals surface area contributed by atoms with Crippen molar-refractivity contribution in [2.75, 3.05) is 6.54 Å². The van der Waals surface area contributed by atoms with Crippen LogP contribution in [0.2, 0.25) is 0 Å². The molecule has 0 radical (unpaired) electrons. The standard InChI is InChI=1S/C18H23N3O/c1-4-13-5-7-14(8-6-13)16-10-19-18(20-16)15-9-17(22)21(11-15)12(2)3/h5-8,10,12,15H,4,9,11H2,1-3H3,(H,19,20)/t15-/m0/s1. The van der Waals surface area contributed by atoms with Gasteiger partial charge in [-0.2, -0.15) is 0 Å². The number of carbonyl (C=O) groups is 1. The molecule has 0 spiro atoms. The fourth-order valence-electron chi connectivity index (χ4n) is 3.02. The summed E-state index contributed by atoms with van der Waals surface area (Å²) in [6.45, 7) is 7.03. The van der Waals surface area contributed by atoms with Crippen LogP contribution in [0.3, 0.4) is 0 Å². The van der Waals surface area contributed by atoms with Gasteiger partial charge in [-0.15, -0.1) is 0 Å². The maximum Gasteiger partial charge on any atom is 0.223 e. The van der Waals surface area contributed by atoms with Crippen LogP contribution >= 0.6 is 0 Å². The predicted molar refractivity (Wildman–Crippen MR) is 87.6 cm³/mol. The van der Waals surface area contributed by atoms with E-state index in [1.165, 1.54) is 5.56 Å². The first-order valence-electron chi connectivity index (χ1n) is 8.02. The Hall–Kier alpha value is -2.10. The molecule has 0 unspecified atom stereocenters. The fraction of sp³-hybridized carbons (Fsp3) is 0.444. The lowest BCUT2D eigenvalue weighted by molar-refractivity contribution is -0.129. The van der Waals surface area contributed by atoms with Crippen molar-refractivity contribution in [2.45, 2.75) is 45.6 Å². The van der Waals surface area contributed by atoms with Crippen LogP contribution in [0.5, 0.6) is 0 Å². The Morgan fingerprint density at radius 2 is 2.05 bits per heavy atom. The van der Waals surface area contributed by atoms with Gasteiger partial charge in [0.25, 0.3) is 0 Å². The average molecular weight is 297 g/mol. The van der Waals surface area contributed by atoms with Crippen molar-refractivity contribution in [3.63, 3.8) is 0 Å². The maximum absolute atomic E-state index is 12.0. The SMILES string of the molecule is CCc1ccc(-c2cnc([C@H]3CC(=O)N(C(C)C)C3)[nH]2)cc1. The van der Waals surface area contributed by atoms with Crippen molar-refractivity contribution < 1.29 is 4.79 Å². The Morgan fingerprint density at radius 1 is 1.32 bits per heavy atom. The number of nitrogens with one attached hydrogen (secondary N) is 1. The van der Waals surface area contributed by atoms with Crippen molar-refractivity contribution in [3.8, 4) is 11.3 Å². The number of benzene rings is 1. The molecule has 4 nitrogen and oxygen atoms in total. The smallest absolute Gasteiger partial charge is 0.223 e. The molecule has 1 fully saturated rings. The van der Waals surface area contributed by atoms with Crippen LogP contribution in [0.25, 0.3) is 11.3 Å². The lowest BCUT2D eigenvalue weighted by Crippen LogP contribution is -2.31. The highest BCUT2D eigenvalue weighted by atomic mass is 16.2. The molecule has 1 N–H and O–H groups in total. The molecule has 4 heteroatoms. The minimum Gasteiger partial charge on any atom is -0.342 e. The molecule has 3 rings (SSSR count). The molecule has 0 saturated carbocycles. The average Bonchev–Trinajstić information content (AvgIpc) is 3.14. The van der Waals surface area contributed by atoms with Gasteiger partial charge >= 0.3 is 0 Å². The van der Waals surface area contributed by atoms with Crippen LogP contribution in [-0.4, -0.2) is 33.4 Å². The molecule has 2 aromatic rings. The van der Waals surface area contributed by atoms with Crippen LogP contribution in [0, 0.1) is 0 Å². The Kier molecular flexibility index (Phi) is 4.01. The summed E-state index contributed by atoms with van der Waals surface area (Å²) in [6.07, 6.45) is 3.47. The van der Waals surface area contributed by atoms with E-state index in [-0.39, 0.29) is 17.9 Å². The van der Waals surface area contributed by atoms with Gasteiger partial charge in [0.05, 0.1) is 11.9 Å². The second kappa shape index (κ2) is 5.95. The summed E-state index contributed by atoms with van der Waals surface area (Å²) in [4.78, 5) is 21.9. The minimum absolute atomic E-state index is 0.179. The Balaban J connectivity index is 1.78. The van der Waals surface area contributed by atoms with Crippen molar-refractivity contribution in [1.29, 1.82) is 0 Å². The number of amides is 1. The van der Waals surface area contributed by atoms with Crippen LogP contribution in [0.15, 0.2) is 30.5 Å². The second-order valence-corrected chi connectivity index (χ2v) is 6.27. The Labute approximate surface area is 131 Å². The third kappa shape index (κ3) is 2.78.